The van der Waals surface area contributed by atoms with Crippen molar-refractivity contribution in [1.29, 1.82) is 0 Å². The van der Waals surface area contributed by atoms with Crippen LogP contribution in [0.5, 0.6) is 0 Å². The number of nitrogens with one attached hydrogen (secondary N) is 2. The van der Waals surface area contributed by atoms with Gasteiger partial charge in [0.1, 0.15) is 0 Å². The Bertz CT molecular complexity index is 1150. The maximum absolute atomic E-state index is 4.09. The lowest BCUT2D eigenvalue weighted by Gasteiger charge is -2.24. The number of thioether (sulfide) groups is 1. The van der Waals surface area contributed by atoms with Gasteiger partial charge in [-0.3, -0.25) is 0 Å². The molecule has 0 saturated heterocycles. The molecule has 35 heavy (non-hydrogen) atoms. The lowest BCUT2D eigenvalue weighted by Crippen LogP contribution is -2.26. The monoisotopic (exact) mass is 482 g/mol. The maximum Gasteiger partial charge on any atom is 0.0491 e. The first kappa shape index (κ1) is 27.9. The second-order valence-corrected chi connectivity index (χ2v) is 9.97. The van der Waals surface area contributed by atoms with Crippen LogP contribution in [0.2, 0.25) is 0 Å². The molecule has 0 amide bonds. The highest BCUT2D eigenvalue weighted by molar-refractivity contribution is 8.03. The summed E-state index contributed by atoms with van der Waals surface area (Å²) in [6.07, 6.45) is 1.79. The van der Waals surface area contributed by atoms with Crippen LogP contribution in [0.4, 0.5) is 11.4 Å². The van der Waals surface area contributed by atoms with Crippen LogP contribution in [0.25, 0.3) is 11.1 Å². The van der Waals surface area contributed by atoms with E-state index in [9.17, 15) is 0 Å². The summed E-state index contributed by atoms with van der Waals surface area (Å²) in [5.74, 6) is 0.520. The van der Waals surface area contributed by atoms with Gasteiger partial charge in [-0.1, -0.05) is 93.4 Å². The molecule has 2 N–H and O–H groups in total. The van der Waals surface area contributed by atoms with Crippen molar-refractivity contribution in [2.24, 2.45) is 5.92 Å². The van der Waals surface area contributed by atoms with E-state index in [0.717, 1.165) is 16.3 Å². The molecular weight excluding hydrogens is 444 g/mol. The van der Waals surface area contributed by atoms with E-state index in [-0.39, 0.29) is 0 Å². The van der Waals surface area contributed by atoms with Crippen LogP contribution in [0.1, 0.15) is 26.3 Å². The number of anilines is 2. The van der Waals surface area contributed by atoms with Crippen molar-refractivity contribution in [3.8, 4) is 11.1 Å². The molecule has 2 nitrogen and oxygen atoms in total. The summed E-state index contributed by atoms with van der Waals surface area (Å²) in [4.78, 5) is 2.20. The smallest absolute Gasteiger partial charge is 0.0491 e. The molecule has 0 aromatic heterocycles. The third-order valence-electron chi connectivity index (χ3n) is 5.51. The van der Waals surface area contributed by atoms with E-state index < -0.39 is 0 Å². The summed E-state index contributed by atoms with van der Waals surface area (Å²) in [5.41, 5.74) is 9.87. The molecule has 1 unspecified atom stereocenters. The van der Waals surface area contributed by atoms with Gasteiger partial charge in [0.2, 0.25) is 0 Å². The Balaban J connectivity index is 0.000000283. The number of benzene rings is 3. The van der Waals surface area contributed by atoms with Crippen LogP contribution >= 0.6 is 11.8 Å². The summed E-state index contributed by atoms with van der Waals surface area (Å²) >= 11 is 1.64. The van der Waals surface area contributed by atoms with Gasteiger partial charge in [0.05, 0.1) is 0 Å². The van der Waals surface area contributed by atoms with Crippen molar-refractivity contribution in [2.75, 3.05) is 17.7 Å². The molecule has 0 saturated carbocycles. The largest absolute Gasteiger partial charge is 0.388 e. The molecule has 0 aliphatic rings. The molecule has 182 valence electrons. The third-order valence-corrected chi connectivity index (χ3v) is 6.57. The molecule has 0 heterocycles. The summed E-state index contributed by atoms with van der Waals surface area (Å²) < 4.78 is 0. The van der Waals surface area contributed by atoms with Crippen molar-refractivity contribution in [3.05, 3.63) is 120 Å². The molecule has 0 fully saturated rings. The summed E-state index contributed by atoms with van der Waals surface area (Å²) in [6.45, 7) is 20.1. The Kier molecular flexibility index (Phi) is 11.2. The molecular formula is C32H38N2S. The zero-order valence-corrected chi connectivity index (χ0v) is 22.5. The zero-order chi connectivity index (χ0) is 25.8. The van der Waals surface area contributed by atoms with Gasteiger partial charge in [-0.05, 0) is 72.9 Å². The first-order chi connectivity index (χ1) is 16.7. The summed E-state index contributed by atoms with van der Waals surface area (Å²) in [5, 5.41) is 6.70. The minimum atomic E-state index is 0.306. The molecule has 0 bridgehead atoms. The second kappa shape index (κ2) is 14.1. The Hall–Kier alpha value is -3.39. The first-order valence-electron chi connectivity index (χ1n) is 11.8. The fourth-order valence-corrected chi connectivity index (χ4v) is 4.38. The quantitative estimate of drug-likeness (QED) is 0.137. The minimum absolute atomic E-state index is 0.306. The highest BCUT2D eigenvalue weighted by Crippen LogP contribution is 2.28. The van der Waals surface area contributed by atoms with Gasteiger partial charge in [-0.2, -0.15) is 0 Å². The molecule has 0 spiro atoms. The molecule has 3 heteroatoms. The van der Waals surface area contributed by atoms with Crippen molar-refractivity contribution in [1.82, 2.24) is 0 Å². The van der Waals surface area contributed by atoms with Gasteiger partial charge >= 0.3 is 0 Å². The fourth-order valence-electron chi connectivity index (χ4n) is 3.58. The van der Waals surface area contributed by atoms with E-state index in [1.807, 2.05) is 19.2 Å². The van der Waals surface area contributed by atoms with Crippen LogP contribution < -0.4 is 10.6 Å². The van der Waals surface area contributed by atoms with Gasteiger partial charge in [0.15, 0.2) is 0 Å². The Labute approximate surface area is 216 Å². The standard InChI is InChI=1S/C20H26N2.C12H12S/c1-14(2)20(15(3)4)22-19-12-8-17(9-13-19)16-6-10-18(21-5)11-7-16;1-4-7-11(3)13-12-9-6-5-8-10(12)2/h6-13,15,20-22H,1H2,2-5H3;5-9H,1,3H2,2H3. The number of hydrogen-bond acceptors (Lipinski definition) is 3. The number of allylic oxidation sites excluding steroid dienone is 1. The predicted octanol–water partition coefficient (Wildman–Crippen LogP) is 9.35. The second-order valence-electron chi connectivity index (χ2n) is 8.80. The summed E-state index contributed by atoms with van der Waals surface area (Å²) in [6, 6.07) is 25.6. The molecule has 3 rings (SSSR count). The van der Waals surface area contributed by atoms with Crippen LogP contribution in [0.15, 0.2) is 120 Å². The van der Waals surface area contributed by atoms with Crippen LogP contribution in [-0.4, -0.2) is 13.1 Å². The molecule has 0 radical (unpaired) electrons. The topological polar surface area (TPSA) is 24.1 Å². The van der Waals surface area contributed by atoms with E-state index in [0.29, 0.717) is 12.0 Å². The highest BCUT2D eigenvalue weighted by atomic mass is 32.2. The number of rotatable bonds is 9. The summed E-state index contributed by atoms with van der Waals surface area (Å²) in [7, 11) is 1.93. The highest BCUT2D eigenvalue weighted by Gasteiger charge is 2.13. The van der Waals surface area contributed by atoms with Gasteiger partial charge < -0.3 is 10.6 Å². The van der Waals surface area contributed by atoms with Gasteiger partial charge in [-0.25, -0.2) is 0 Å². The lowest BCUT2D eigenvalue weighted by molar-refractivity contribution is 0.580. The molecule has 0 aliphatic heterocycles. The predicted molar refractivity (Wildman–Crippen MR) is 158 cm³/mol. The lowest BCUT2D eigenvalue weighted by atomic mass is 9.97. The number of aryl methyl sites for hydroxylation is 1. The third kappa shape index (κ3) is 9.05. The average molecular weight is 483 g/mol. The first-order valence-corrected chi connectivity index (χ1v) is 12.6. The minimum Gasteiger partial charge on any atom is -0.388 e. The molecule has 0 aliphatic carbocycles. The van der Waals surface area contributed by atoms with Gasteiger partial charge in [0.25, 0.3) is 0 Å². The van der Waals surface area contributed by atoms with Crippen molar-refractivity contribution >= 4 is 23.1 Å². The normalized spacial score (nSPS) is 10.9. The van der Waals surface area contributed by atoms with Crippen molar-refractivity contribution in [2.45, 2.75) is 38.6 Å². The van der Waals surface area contributed by atoms with E-state index in [1.54, 1.807) is 17.8 Å². The van der Waals surface area contributed by atoms with E-state index in [1.165, 1.54) is 27.2 Å². The molecule has 1 atom stereocenters. The number of hydrogen-bond donors (Lipinski definition) is 2. The molecule has 3 aromatic carbocycles. The van der Waals surface area contributed by atoms with Gasteiger partial charge in [-0.15, -0.1) is 5.73 Å². The Morgan fingerprint density at radius 3 is 1.89 bits per heavy atom. The van der Waals surface area contributed by atoms with Crippen molar-refractivity contribution in [3.63, 3.8) is 0 Å². The van der Waals surface area contributed by atoms with E-state index in [4.69, 9.17) is 0 Å². The SMILES string of the molecule is C=C(C)C(Nc1ccc(-c2ccc(NC)cc2)cc1)C(C)C.C=C=CC(=C)Sc1ccccc1C. The van der Waals surface area contributed by atoms with Crippen molar-refractivity contribution < 1.29 is 0 Å². The maximum atomic E-state index is 4.09. The van der Waals surface area contributed by atoms with E-state index in [2.05, 4.69) is 124 Å². The zero-order valence-electron chi connectivity index (χ0n) is 21.7. The van der Waals surface area contributed by atoms with Crippen LogP contribution in [-0.2, 0) is 0 Å². The van der Waals surface area contributed by atoms with Gasteiger partial charge in [0, 0.05) is 34.3 Å². The van der Waals surface area contributed by atoms with Crippen LogP contribution in [0.3, 0.4) is 0 Å². The molecule has 3 aromatic rings. The fraction of sp³-hybridized carbons (Fsp3) is 0.219. The average Bonchev–Trinajstić information content (AvgIpc) is 2.84. The Morgan fingerprint density at radius 1 is 0.886 bits per heavy atom. The van der Waals surface area contributed by atoms with Crippen LogP contribution in [0, 0.1) is 12.8 Å². The Morgan fingerprint density at radius 2 is 1.43 bits per heavy atom. The van der Waals surface area contributed by atoms with E-state index >= 15 is 0 Å².